The van der Waals surface area contributed by atoms with E-state index in [1.807, 2.05) is 0 Å². The first-order valence-corrected chi connectivity index (χ1v) is 10.6. The molecule has 2 aromatic rings. The SMILES string of the molecule is COCCCC1CN(C2=Nc3cc(F)ccc3Nc3sc(C)cc32)CCN1C.Cl.Cl. The normalized spacial score (nSPS) is 18.2. The molecular formula is C21H29Cl2FN4OS. The number of anilines is 2. The van der Waals surface area contributed by atoms with E-state index in [0.29, 0.717) is 11.7 Å². The van der Waals surface area contributed by atoms with Crippen molar-refractivity contribution in [2.24, 2.45) is 4.99 Å². The Hall–Kier alpha value is -1.38. The van der Waals surface area contributed by atoms with Crippen molar-refractivity contribution in [3.63, 3.8) is 0 Å². The minimum atomic E-state index is -0.263. The predicted octanol–water partition coefficient (Wildman–Crippen LogP) is 5.22. The number of piperazine rings is 1. The van der Waals surface area contributed by atoms with Crippen LogP contribution in [0.5, 0.6) is 0 Å². The van der Waals surface area contributed by atoms with Crippen molar-refractivity contribution in [3.8, 4) is 0 Å². The molecule has 0 radical (unpaired) electrons. The summed E-state index contributed by atoms with van der Waals surface area (Å²) < 4.78 is 19.1. The van der Waals surface area contributed by atoms with E-state index in [0.717, 1.165) is 61.2 Å². The topological polar surface area (TPSA) is 40.1 Å². The van der Waals surface area contributed by atoms with Crippen LogP contribution in [0.1, 0.15) is 23.3 Å². The molecule has 5 nitrogen and oxygen atoms in total. The van der Waals surface area contributed by atoms with E-state index in [-0.39, 0.29) is 30.6 Å². The number of fused-ring (bicyclic) bond motifs is 2. The van der Waals surface area contributed by atoms with Crippen molar-refractivity contribution in [1.29, 1.82) is 0 Å². The maximum atomic E-state index is 13.9. The van der Waals surface area contributed by atoms with Gasteiger partial charge in [-0.2, -0.15) is 0 Å². The fourth-order valence-corrected chi connectivity index (χ4v) is 4.85. The summed E-state index contributed by atoms with van der Waals surface area (Å²) in [7, 11) is 3.94. The standard InChI is InChI=1S/C21H27FN4OS.2ClH/c1-14-11-17-20(26-9-8-25(2)16(13-26)5-4-10-27-3)23-19-12-15(22)6-7-18(19)24-21(17)28-14;;/h6-7,11-12,16,24H,4-5,8-10,13H2,1-3H3;2*1H. The summed E-state index contributed by atoms with van der Waals surface area (Å²) in [6.45, 7) is 5.71. The molecule has 1 fully saturated rings. The highest BCUT2D eigenvalue weighted by atomic mass is 35.5. The third kappa shape index (κ3) is 5.26. The van der Waals surface area contributed by atoms with Gasteiger partial charge in [0.15, 0.2) is 0 Å². The minimum Gasteiger partial charge on any atom is -0.385 e. The summed E-state index contributed by atoms with van der Waals surface area (Å²) in [5.74, 6) is 0.682. The van der Waals surface area contributed by atoms with Gasteiger partial charge in [-0.3, -0.25) is 4.90 Å². The predicted molar refractivity (Wildman–Crippen MR) is 129 cm³/mol. The van der Waals surface area contributed by atoms with E-state index in [4.69, 9.17) is 9.73 Å². The van der Waals surface area contributed by atoms with Gasteiger partial charge in [0.25, 0.3) is 0 Å². The zero-order chi connectivity index (χ0) is 19.7. The Morgan fingerprint density at radius 3 is 2.83 bits per heavy atom. The van der Waals surface area contributed by atoms with E-state index >= 15 is 0 Å². The number of hydrogen-bond donors (Lipinski definition) is 1. The first kappa shape index (κ1) is 24.9. The zero-order valence-electron chi connectivity index (χ0n) is 17.5. The van der Waals surface area contributed by atoms with Crippen molar-refractivity contribution < 1.29 is 9.13 Å². The molecule has 1 saturated heterocycles. The molecule has 9 heteroatoms. The summed E-state index contributed by atoms with van der Waals surface area (Å²) in [6.07, 6.45) is 2.14. The molecule has 2 aliphatic rings. The highest BCUT2D eigenvalue weighted by Gasteiger charge is 2.29. The third-order valence-corrected chi connectivity index (χ3v) is 6.46. The maximum absolute atomic E-state index is 13.9. The second kappa shape index (κ2) is 10.8. The number of hydrogen-bond acceptors (Lipinski definition) is 6. The lowest BCUT2D eigenvalue weighted by Gasteiger charge is -2.41. The Labute approximate surface area is 194 Å². The number of nitrogens with zero attached hydrogens (tertiary/aromatic N) is 3. The third-order valence-electron chi connectivity index (χ3n) is 5.49. The number of thiophene rings is 1. The number of ether oxygens (including phenoxy) is 1. The highest BCUT2D eigenvalue weighted by molar-refractivity contribution is 7.16. The molecule has 30 heavy (non-hydrogen) atoms. The fourth-order valence-electron chi connectivity index (χ4n) is 3.93. The molecule has 2 aliphatic heterocycles. The van der Waals surface area contributed by atoms with E-state index < -0.39 is 0 Å². The van der Waals surface area contributed by atoms with Crippen LogP contribution in [0.2, 0.25) is 0 Å². The Bertz CT molecular complexity index is 892. The van der Waals surface area contributed by atoms with Crippen molar-refractivity contribution in [3.05, 3.63) is 40.5 Å². The summed E-state index contributed by atoms with van der Waals surface area (Å²) in [4.78, 5) is 11.0. The molecule has 0 aliphatic carbocycles. The van der Waals surface area contributed by atoms with Crippen LogP contribution in [0.15, 0.2) is 29.3 Å². The van der Waals surface area contributed by atoms with Crippen LogP contribution in [-0.4, -0.2) is 62.1 Å². The summed E-state index contributed by atoms with van der Waals surface area (Å²) in [5, 5.41) is 4.55. The number of nitrogens with one attached hydrogen (secondary N) is 1. The number of benzene rings is 1. The van der Waals surface area contributed by atoms with Crippen molar-refractivity contribution in [1.82, 2.24) is 9.80 Å². The molecular weight excluding hydrogens is 446 g/mol. The van der Waals surface area contributed by atoms with Crippen LogP contribution in [0, 0.1) is 12.7 Å². The molecule has 4 rings (SSSR count). The smallest absolute Gasteiger partial charge is 0.139 e. The van der Waals surface area contributed by atoms with E-state index in [2.05, 4.69) is 35.2 Å². The number of methoxy groups -OCH3 is 1. The van der Waals surface area contributed by atoms with Crippen LogP contribution in [0.25, 0.3) is 0 Å². The van der Waals surface area contributed by atoms with Crippen molar-refractivity contribution in [2.75, 3.05) is 45.7 Å². The Kier molecular flexibility index (Phi) is 8.94. The second-order valence-corrected chi connectivity index (χ2v) is 8.79. The first-order chi connectivity index (χ1) is 13.5. The number of halogens is 3. The average molecular weight is 475 g/mol. The summed E-state index contributed by atoms with van der Waals surface area (Å²) in [6, 6.07) is 7.41. The Morgan fingerprint density at radius 1 is 1.27 bits per heavy atom. The molecule has 0 amide bonds. The largest absolute Gasteiger partial charge is 0.385 e. The Balaban J connectivity index is 0.00000160. The highest BCUT2D eigenvalue weighted by Crippen LogP contribution is 2.39. The van der Waals surface area contributed by atoms with Gasteiger partial charge in [-0.1, -0.05) is 0 Å². The minimum absolute atomic E-state index is 0. The van der Waals surface area contributed by atoms with Gasteiger partial charge >= 0.3 is 0 Å². The zero-order valence-corrected chi connectivity index (χ0v) is 19.9. The Morgan fingerprint density at radius 2 is 2.07 bits per heavy atom. The fraction of sp³-hybridized carbons (Fsp3) is 0.476. The van der Waals surface area contributed by atoms with E-state index in [1.54, 1.807) is 24.5 Å². The maximum Gasteiger partial charge on any atom is 0.139 e. The molecule has 1 N–H and O–H groups in total. The second-order valence-electron chi connectivity index (χ2n) is 7.54. The van der Waals surface area contributed by atoms with Crippen LogP contribution in [0.3, 0.4) is 0 Å². The molecule has 3 heterocycles. The summed E-state index contributed by atoms with van der Waals surface area (Å²) in [5.41, 5.74) is 2.62. The van der Waals surface area contributed by atoms with E-state index in [9.17, 15) is 4.39 Å². The van der Waals surface area contributed by atoms with Gasteiger partial charge in [0.1, 0.15) is 16.7 Å². The van der Waals surface area contributed by atoms with Crippen LogP contribution < -0.4 is 5.32 Å². The monoisotopic (exact) mass is 474 g/mol. The number of aryl methyl sites for hydroxylation is 1. The average Bonchev–Trinajstić information content (AvgIpc) is 2.96. The molecule has 0 spiro atoms. The van der Waals surface area contributed by atoms with Gasteiger partial charge in [-0.05, 0) is 45.0 Å². The molecule has 1 atom stereocenters. The lowest BCUT2D eigenvalue weighted by molar-refractivity contribution is 0.119. The number of amidine groups is 1. The van der Waals surface area contributed by atoms with Gasteiger partial charge < -0.3 is 15.0 Å². The van der Waals surface area contributed by atoms with Crippen LogP contribution in [-0.2, 0) is 4.74 Å². The van der Waals surface area contributed by atoms with Gasteiger partial charge in [0, 0.05) is 50.3 Å². The van der Waals surface area contributed by atoms with E-state index in [1.165, 1.54) is 17.0 Å². The molecule has 166 valence electrons. The van der Waals surface area contributed by atoms with Crippen molar-refractivity contribution >= 4 is 58.4 Å². The summed E-state index contributed by atoms with van der Waals surface area (Å²) >= 11 is 1.72. The quantitative estimate of drug-likeness (QED) is 0.616. The van der Waals surface area contributed by atoms with Gasteiger partial charge in [-0.15, -0.1) is 36.2 Å². The molecule has 1 unspecified atom stereocenters. The van der Waals surface area contributed by atoms with Crippen LogP contribution in [0.4, 0.5) is 20.8 Å². The molecule has 1 aromatic heterocycles. The molecule has 0 bridgehead atoms. The molecule has 0 saturated carbocycles. The lowest BCUT2D eigenvalue weighted by Crippen LogP contribution is -2.53. The lowest BCUT2D eigenvalue weighted by atomic mass is 10.1. The number of rotatable bonds is 4. The first-order valence-electron chi connectivity index (χ1n) is 9.75. The van der Waals surface area contributed by atoms with Gasteiger partial charge in [0.2, 0.25) is 0 Å². The number of likely N-dealkylation sites (N-methyl/N-ethyl adjacent to an activating group) is 1. The van der Waals surface area contributed by atoms with Crippen LogP contribution >= 0.6 is 36.2 Å². The molecule has 1 aromatic carbocycles. The van der Waals surface area contributed by atoms with Crippen molar-refractivity contribution in [2.45, 2.75) is 25.8 Å². The van der Waals surface area contributed by atoms with Gasteiger partial charge in [0.05, 0.1) is 16.9 Å². The number of aliphatic imine (C=N–C) groups is 1. The van der Waals surface area contributed by atoms with Gasteiger partial charge in [-0.25, -0.2) is 9.38 Å².